The molecule has 0 aliphatic rings. The summed E-state index contributed by atoms with van der Waals surface area (Å²) in [6.45, 7) is 1.92. The molecular weight excluding hydrogens is 388 g/mol. The smallest absolute Gasteiger partial charge is 0.221 e. The van der Waals surface area contributed by atoms with Gasteiger partial charge in [-0.25, -0.2) is 4.98 Å². The van der Waals surface area contributed by atoms with Gasteiger partial charge in [-0.2, -0.15) is 0 Å². The minimum atomic E-state index is -0.252. The first-order valence-electron chi connectivity index (χ1n) is 10.3. The average Bonchev–Trinajstić information content (AvgIpc) is 3.40. The van der Waals surface area contributed by atoms with E-state index in [9.17, 15) is 4.79 Å². The van der Waals surface area contributed by atoms with Crippen LogP contribution < -0.4 is 5.32 Å². The molecule has 7 nitrogen and oxygen atoms in total. The molecule has 5 rings (SSSR count). The first kappa shape index (κ1) is 19.0. The third-order valence-corrected chi connectivity index (χ3v) is 5.33. The molecule has 154 valence electrons. The summed E-state index contributed by atoms with van der Waals surface area (Å²) in [5, 5.41) is 11.4. The Kier molecular flexibility index (Phi) is 4.92. The number of aromatic nitrogens is 5. The fourth-order valence-corrected chi connectivity index (χ4v) is 3.87. The molecule has 0 radical (unpaired) electrons. The molecule has 1 atom stereocenters. The number of benzene rings is 2. The standard InChI is InChI=1S/C24H22N6O/c1-17(24-28-27-22-13-7-8-16-29(22)24)25-23(31)15-14-21-26-19-11-5-6-12-20(19)30(21)18-9-3-2-4-10-18/h2-13,16-17H,14-15H2,1H3,(H,25,31). The second-order valence-electron chi connectivity index (χ2n) is 7.46. The van der Waals surface area contributed by atoms with Crippen LogP contribution in [0.5, 0.6) is 0 Å². The fourth-order valence-electron chi connectivity index (χ4n) is 3.87. The molecular formula is C24H22N6O. The highest BCUT2D eigenvalue weighted by Gasteiger charge is 2.17. The van der Waals surface area contributed by atoms with E-state index >= 15 is 0 Å². The number of nitrogens with zero attached hydrogens (tertiary/aromatic N) is 5. The van der Waals surface area contributed by atoms with E-state index in [0.717, 1.165) is 28.2 Å². The fraction of sp³-hybridized carbons (Fsp3) is 0.167. The van der Waals surface area contributed by atoms with E-state index in [0.29, 0.717) is 18.7 Å². The summed E-state index contributed by atoms with van der Waals surface area (Å²) in [7, 11) is 0. The predicted octanol–water partition coefficient (Wildman–Crippen LogP) is 3.88. The van der Waals surface area contributed by atoms with Gasteiger partial charge in [-0.1, -0.05) is 36.4 Å². The lowest BCUT2D eigenvalue weighted by molar-refractivity contribution is -0.121. The predicted molar refractivity (Wildman–Crippen MR) is 119 cm³/mol. The molecule has 7 heteroatoms. The van der Waals surface area contributed by atoms with Crippen molar-refractivity contribution in [3.8, 4) is 5.69 Å². The highest BCUT2D eigenvalue weighted by molar-refractivity contribution is 5.79. The Balaban J connectivity index is 1.34. The Morgan fingerprint density at radius 2 is 1.74 bits per heavy atom. The molecule has 0 spiro atoms. The number of fused-ring (bicyclic) bond motifs is 2. The van der Waals surface area contributed by atoms with Crippen LogP contribution in [0.2, 0.25) is 0 Å². The zero-order valence-electron chi connectivity index (χ0n) is 17.1. The Labute approximate surface area is 179 Å². The molecule has 31 heavy (non-hydrogen) atoms. The van der Waals surface area contributed by atoms with Crippen LogP contribution in [-0.4, -0.2) is 30.1 Å². The number of pyridine rings is 1. The quantitative estimate of drug-likeness (QED) is 0.461. The second-order valence-corrected chi connectivity index (χ2v) is 7.46. The van der Waals surface area contributed by atoms with Crippen molar-refractivity contribution < 1.29 is 4.79 Å². The van der Waals surface area contributed by atoms with Crippen molar-refractivity contribution in [1.29, 1.82) is 0 Å². The molecule has 0 aliphatic heterocycles. The molecule has 3 heterocycles. The summed E-state index contributed by atoms with van der Waals surface area (Å²) >= 11 is 0. The van der Waals surface area contributed by atoms with Crippen molar-refractivity contribution >= 4 is 22.6 Å². The Hall–Kier alpha value is -4.00. The van der Waals surface area contributed by atoms with Crippen LogP contribution in [0.4, 0.5) is 0 Å². The van der Waals surface area contributed by atoms with E-state index in [2.05, 4.69) is 38.3 Å². The highest BCUT2D eigenvalue weighted by atomic mass is 16.1. The highest BCUT2D eigenvalue weighted by Crippen LogP contribution is 2.22. The number of carbonyl (C=O) groups excluding carboxylic acids is 1. The third kappa shape index (κ3) is 3.66. The maximum atomic E-state index is 12.7. The monoisotopic (exact) mass is 410 g/mol. The summed E-state index contributed by atoms with van der Waals surface area (Å²) in [5.41, 5.74) is 3.75. The van der Waals surface area contributed by atoms with Crippen LogP contribution in [0.3, 0.4) is 0 Å². The van der Waals surface area contributed by atoms with Crippen LogP contribution in [0.15, 0.2) is 79.0 Å². The van der Waals surface area contributed by atoms with E-state index in [1.807, 2.05) is 72.1 Å². The molecule has 0 aliphatic carbocycles. The molecule has 3 aromatic heterocycles. The number of rotatable bonds is 6. The normalized spacial score (nSPS) is 12.3. The Morgan fingerprint density at radius 1 is 0.968 bits per heavy atom. The minimum absolute atomic E-state index is 0.0492. The summed E-state index contributed by atoms with van der Waals surface area (Å²) in [6.07, 6.45) is 2.76. The topological polar surface area (TPSA) is 77.1 Å². The number of hydrogen-bond donors (Lipinski definition) is 1. The Morgan fingerprint density at radius 3 is 2.61 bits per heavy atom. The number of hydrogen-bond acceptors (Lipinski definition) is 4. The van der Waals surface area contributed by atoms with Gasteiger partial charge < -0.3 is 5.32 Å². The van der Waals surface area contributed by atoms with E-state index in [1.165, 1.54) is 0 Å². The Bertz CT molecular complexity index is 1350. The largest absolute Gasteiger partial charge is 0.346 e. The molecule has 0 fully saturated rings. The zero-order valence-corrected chi connectivity index (χ0v) is 17.1. The van der Waals surface area contributed by atoms with E-state index in [-0.39, 0.29) is 11.9 Å². The molecule has 1 amide bonds. The maximum absolute atomic E-state index is 12.7. The number of carbonyl (C=O) groups is 1. The lowest BCUT2D eigenvalue weighted by Gasteiger charge is -2.13. The lowest BCUT2D eigenvalue weighted by atomic mass is 10.2. The number of amides is 1. The molecule has 2 aromatic carbocycles. The molecule has 1 unspecified atom stereocenters. The van der Waals surface area contributed by atoms with Crippen LogP contribution in [0, 0.1) is 0 Å². The average molecular weight is 410 g/mol. The second kappa shape index (κ2) is 8.02. The molecule has 0 bridgehead atoms. The summed E-state index contributed by atoms with van der Waals surface area (Å²) < 4.78 is 4.01. The first-order chi connectivity index (χ1) is 15.2. The van der Waals surface area contributed by atoms with Gasteiger partial charge in [-0.15, -0.1) is 10.2 Å². The van der Waals surface area contributed by atoms with Crippen LogP contribution in [0.25, 0.3) is 22.4 Å². The summed E-state index contributed by atoms with van der Waals surface area (Å²) in [6, 6.07) is 23.6. The van der Waals surface area contributed by atoms with Gasteiger partial charge in [-0.3, -0.25) is 13.8 Å². The van der Waals surface area contributed by atoms with Gasteiger partial charge >= 0.3 is 0 Å². The van der Waals surface area contributed by atoms with Crippen molar-refractivity contribution in [3.05, 3.63) is 90.6 Å². The zero-order chi connectivity index (χ0) is 21.2. The van der Waals surface area contributed by atoms with Gasteiger partial charge in [0.2, 0.25) is 5.91 Å². The number of nitrogens with one attached hydrogen (secondary N) is 1. The minimum Gasteiger partial charge on any atom is -0.346 e. The van der Waals surface area contributed by atoms with Gasteiger partial charge in [0.25, 0.3) is 0 Å². The maximum Gasteiger partial charge on any atom is 0.221 e. The summed E-state index contributed by atoms with van der Waals surface area (Å²) in [5.74, 6) is 1.52. The molecule has 1 N–H and O–H groups in total. The molecule has 5 aromatic rings. The summed E-state index contributed by atoms with van der Waals surface area (Å²) in [4.78, 5) is 17.5. The van der Waals surface area contributed by atoms with Gasteiger partial charge in [0.1, 0.15) is 5.82 Å². The van der Waals surface area contributed by atoms with Crippen LogP contribution >= 0.6 is 0 Å². The van der Waals surface area contributed by atoms with Crippen molar-refractivity contribution in [1.82, 2.24) is 29.5 Å². The van der Waals surface area contributed by atoms with Crippen LogP contribution in [0.1, 0.15) is 31.0 Å². The third-order valence-electron chi connectivity index (χ3n) is 5.33. The first-order valence-corrected chi connectivity index (χ1v) is 10.3. The van der Waals surface area contributed by atoms with Crippen molar-refractivity contribution in [2.45, 2.75) is 25.8 Å². The van der Waals surface area contributed by atoms with Gasteiger partial charge in [0, 0.05) is 24.7 Å². The lowest BCUT2D eigenvalue weighted by Crippen LogP contribution is -2.28. The molecule has 0 saturated heterocycles. The van der Waals surface area contributed by atoms with Gasteiger partial charge in [-0.05, 0) is 43.3 Å². The molecule has 0 saturated carbocycles. The van der Waals surface area contributed by atoms with E-state index in [4.69, 9.17) is 4.98 Å². The van der Waals surface area contributed by atoms with Crippen molar-refractivity contribution in [3.63, 3.8) is 0 Å². The van der Waals surface area contributed by atoms with Gasteiger partial charge in [0.15, 0.2) is 11.5 Å². The van der Waals surface area contributed by atoms with Crippen LogP contribution in [-0.2, 0) is 11.2 Å². The van der Waals surface area contributed by atoms with E-state index < -0.39 is 0 Å². The van der Waals surface area contributed by atoms with Gasteiger partial charge in [0.05, 0.1) is 17.1 Å². The number of imidazole rings is 1. The van der Waals surface area contributed by atoms with Crippen molar-refractivity contribution in [2.75, 3.05) is 0 Å². The van der Waals surface area contributed by atoms with Crippen molar-refractivity contribution in [2.24, 2.45) is 0 Å². The number of aryl methyl sites for hydroxylation is 1. The number of para-hydroxylation sites is 3. The SMILES string of the molecule is CC(NC(=O)CCc1nc2ccccc2n1-c1ccccc1)c1nnc2ccccn12. The van der Waals surface area contributed by atoms with E-state index in [1.54, 1.807) is 0 Å².